The Morgan fingerprint density at radius 2 is 0.789 bits per heavy atom. The highest BCUT2D eigenvalue weighted by Gasteiger charge is 2.23. The van der Waals surface area contributed by atoms with E-state index in [2.05, 4.69) is 190 Å². The second-order valence-corrected chi connectivity index (χ2v) is 14.3. The average Bonchev–Trinajstić information content (AvgIpc) is 3.81. The van der Waals surface area contributed by atoms with Crippen molar-refractivity contribution in [1.29, 1.82) is 0 Å². The van der Waals surface area contributed by atoms with E-state index in [0.29, 0.717) is 5.95 Å². The molecular formula is C52H35N5. The summed E-state index contributed by atoms with van der Waals surface area (Å²) < 4.78 is 4.86. The minimum atomic E-state index is 0.597. The van der Waals surface area contributed by atoms with Gasteiger partial charge in [-0.1, -0.05) is 140 Å². The van der Waals surface area contributed by atoms with E-state index >= 15 is 0 Å². The second-order valence-electron chi connectivity index (χ2n) is 14.3. The summed E-state index contributed by atoms with van der Waals surface area (Å²) >= 11 is 0. The Hall–Kier alpha value is -7.76. The van der Waals surface area contributed by atoms with Crippen LogP contribution in [0.5, 0.6) is 0 Å². The van der Waals surface area contributed by atoms with E-state index in [9.17, 15) is 0 Å². The van der Waals surface area contributed by atoms with Crippen molar-refractivity contribution < 1.29 is 0 Å². The van der Waals surface area contributed by atoms with Gasteiger partial charge in [0.05, 0.1) is 22.1 Å². The minimum Gasteiger partial charge on any atom is -0.307 e. The lowest BCUT2D eigenvalue weighted by Crippen LogP contribution is -2.13. The quantitative estimate of drug-likeness (QED) is 0.164. The molecule has 5 nitrogen and oxygen atoms in total. The molecule has 11 aromatic rings. The molecule has 0 saturated carbocycles. The maximum atomic E-state index is 5.00. The zero-order chi connectivity index (χ0) is 37.7. The molecule has 0 aliphatic heterocycles. The van der Waals surface area contributed by atoms with Gasteiger partial charge < -0.3 is 9.13 Å². The molecule has 0 unspecified atom stereocenters. The summed E-state index contributed by atoms with van der Waals surface area (Å²) in [6.45, 7) is 0. The monoisotopic (exact) mass is 729 g/mol. The van der Waals surface area contributed by atoms with Gasteiger partial charge in [0.15, 0.2) is 0 Å². The van der Waals surface area contributed by atoms with Crippen molar-refractivity contribution >= 4 is 60.9 Å². The van der Waals surface area contributed by atoms with Crippen LogP contribution in [0.4, 0.5) is 17.3 Å². The van der Waals surface area contributed by atoms with Crippen LogP contribution < -0.4 is 4.90 Å². The molecule has 0 atom stereocenters. The summed E-state index contributed by atoms with van der Waals surface area (Å²) in [5, 5.41) is 4.76. The number of fused-ring (bicyclic) bond motifs is 7. The highest BCUT2D eigenvalue weighted by atomic mass is 15.3. The summed E-state index contributed by atoms with van der Waals surface area (Å²) in [5.41, 5.74) is 13.2. The van der Waals surface area contributed by atoms with E-state index in [1.807, 2.05) is 36.7 Å². The summed E-state index contributed by atoms with van der Waals surface area (Å²) in [5.74, 6) is 0.597. The van der Waals surface area contributed by atoms with E-state index in [-0.39, 0.29) is 0 Å². The van der Waals surface area contributed by atoms with Gasteiger partial charge in [-0.15, -0.1) is 0 Å². The third kappa shape index (κ3) is 5.48. The molecule has 0 amide bonds. The van der Waals surface area contributed by atoms with E-state index < -0.39 is 0 Å². The van der Waals surface area contributed by atoms with Crippen molar-refractivity contribution in [2.24, 2.45) is 0 Å². The molecule has 0 bridgehead atoms. The fraction of sp³-hybridized carbons (Fsp3) is 0. The lowest BCUT2D eigenvalue weighted by Gasteiger charge is -2.24. The largest absolute Gasteiger partial charge is 0.307 e. The first-order chi connectivity index (χ1) is 28.3. The van der Waals surface area contributed by atoms with Crippen LogP contribution in [0.3, 0.4) is 0 Å². The number of benzene rings is 8. The van der Waals surface area contributed by atoms with Gasteiger partial charge >= 0.3 is 0 Å². The average molecular weight is 730 g/mol. The number of para-hydroxylation sites is 3. The second kappa shape index (κ2) is 13.5. The Morgan fingerprint density at radius 1 is 0.333 bits per heavy atom. The van der Waals surface area contributed by atoms with Gasteiger partial charge in [-0.3, -0.25) is 4.90 Å². The molecule has 5 heteroatoms. The molecule has 268 valence electrons. The van der Waals surface area contributed by atoms with Crippen molar-refractivity contribution in [2.75, 3.05) is 4.90 Å². The molecule has 57 heavy (non-hydrogen) atoms. The van der Waals surface area contributed by atoms with Crippen LogP contribution in [-0.4, -0.2) is 19.1 Å². The number of aromatic nitrogens is 4. The van der Waals surface area contributed by atoms with Crippen LogP contribution >= 0.6 is 0 Å². The normalized spacial score (nSPS) is 11.5. The molecule has 3 heterocycles. The summed E-state index contributed by atoms with van der Waals surface area (Å²) in [4.78, 5) is 12.2. The van der Waals surface area contributed by atoms with E-state index in [4.69, 9.17) is 9.97 Å². The molecule has 0 fully saturated rings. The van der Waals surface area contributed by atoms with Gasteiger partial charge in [0.2, 0.25) is 5.95 Å². The highest BCUT2D eigenvalue weighted by molar-refractivity contribution is 6.24. The van der Waals surface area contributed by atoms with Gasteiger partial charge in [0, 0.05) is 62.3 Å². The van der Waals surface area contributed by atoms with E-state index in [1.165, 1.54) is 32.8 Å². The Bertz CT molecular complexity index is 3110. The van der Waals surface area contributed by atoms with Gasteiger partial charge in [0.1, 0.15) is 0 Å². The van der Waals surface area contributed by atoms with Crippen LogP contribution in [0.1, 0.15) is 0 Å². The fourth-order valence-corrected chi connectivity index (χ4v) is 8.40. The topological polar surface area (TPSA) is 38.9 Å². The predicted molar refractivity (Wildman–Crippen MR) is 236 cm³/mol. The van der Waals surface area contributed by atoms with Crippen LogP contribution in [-0.2, 0) is 0 Å². The van der Waals surface area contributed by atoms with Crippen LogP contribution in [0.15, 0.2) is 213 Å². The SMILES string of the molecule is c1ccc(-c2ccc(N(c3ccc4c(c3)c3ccc5c6ccccc6n(-c6ccccc6)c5c3n4-c3ccccc3)c3ncc(-c4ccccc4)cn3)cc2)cc1. The molecule has 8 aromatic carbocycles. The zero-order valence-corrected chi connectivity index (χ0v) is 30.9. The Labute approximate surface area is 330 Å². The third-order valence-corrected chi connectivity index (χ3v) is 11.0. The molecule has 0 radical (unpaired) electrons. The first-order valence-corrected chi connectivity index (χ1v) is 19.2. The maximum Gasteiger partial charge on any atom is 0.234 e. The molecule has 0 aliphatic rings. The lowest BCUT2D eigenvalue weighted by atomic mass is 10.0. The lowest BCUT2D eigenvalue weighted by molar-refractivity contribution is 1.08. The number of anilines is 3. The molecular weight excluding hydrogens is 695 g/mol. The number of hydrogen-bond acceptors (Lipinski definition) is 3. The molecule has 0 spiro atoms. The van der Waals surface area contributed by atoms with Gasteiger partial charge in [0.25, 0.3) is 0 Å². The van der Waals surface area contributed by atoms with E-state index in [1.54, 1.807) is 0 Å². The molecule has 11 rings (SSSR count). The van der Waals surface area contributed by atoms with Crippen molar-refractivity contribution in [3.8, 4) is 33.6 Å². The molecule has 3 aromatic heterocycles. The molecule has 0 saturated heterocycles. The van der Waals surface area contributed by atoms with Crippen LogP contribution in [0.2, 0.25) is 0 Å². The van der Waals surface area contributed by atoms with Gasteiger partial charge in [-0.2, -0.15) is 0 Å². The predicted octanol–water partition coefficient (Wildman–Crippen LogP) is 13.5. The smallest absolute Gasteiger partial charge is 0.234 e. The summed E-state index contributed by atoms with van der Waals surface area (Å²) in [7, 11) is 0. The van der Waals surface area contributed by atoms with Crippen LogP contribution in [0.25, 0.3) is 77.2 Å². The number of nitrogens with zero attached hydrogens (tertiary/aromatic N) is 5. The summed E-state index contributed by atoms with van der Waals surface area (Å²) in [6.07, 6.45) is 3.84. The van der Waals surface area contributed by atoms with Crippen molar-refractivity contribution in [1.82, 2.24) is 19.1 Å². The van der Waals surface area contributed by atoms with Crippen molar-refractivity contribution in [2.45, 2.75) is 0 Å². The maximum absolute atomic E-state index is 5.00. The zero-order valence-electron chi connectivity index (χ0n) is 30.9. The van der Waals surface area contributed by atoms with Gasteiger partial charge in [-0.05, 0) is 77.4 Å². The fourth-order valence-electron chi connectivity index (χ4n) is 8.40. The van der Waals surface area contributed by atoms with Crippen molar-refractivity contribution in [3.05, 3.63) is 213 Å². The number of rotatable bonds is 7. The molecule has 0 aliphatic carbocycles. The first-order valence-electron chi connectivity index (χ1n) is 19.2. The van der Waals surface area contributed by atoms with E-state index in [0.717, 1.165) is 55.9 Å². The third-order valence-electron chi connectivity index (χ3n) is 11.0. The Morgan fingerprint density at radius 3 is 1.39 bits per heavy atom. The number of hydrogen-bond donors (Lipinski definition) is 0. The van der Waals surface area contributed by atoms with Crippen molar-refractivity contribution in [3.63, 3.8) is 0 Å². The summed E-state index contributed by atoms with van der Waals surface area (Å²) in [6, 6.07) is 70.9. The van der Waals surface area contributed by atoms with Gasteiger partial charge in [-0.25, -0.2) is 9.97 Å². The standard InChI is InChI=1S/C52H35N5/c1-5-15-36(16-6-1)38-25-27-42(28-26-38)55(52-53-34-39(35-54-52)37-17-7-2-8-18-37)43-29-32-49-47(33-43)46-31-30-45-44-23-13-14-24-48(44)56(40-19-9-3-10-20-40)50(45)51(46)57(49)41-21-11-4-12-22-41/h1-35H. The minimum absolute atomic E-state index is 0.597. The Balaban J connectivity index is 1.17. The first kappa shape index (κ1) is 32.7. The highest BCUT2D eigenvalue weighted by Crippen LogP contribution is 2.44. The molecule has 0 N–H and O–H groups in total. The Kier molecular flexibility index (Phi) is 7.74. The van der Waals surface area contributed by atoms with Crippen LogP contribution in [0, 0.1) is 0 Å².